The maximum Gasteiger partial charge on any atom is 0.251 e. The van der Waals surface area contributed by atoms with Crippen LogP contribution in [0.2, 0.25) is 0 Å². The number of hydrogen-bond donors (Lipinski definition) is 2. The van der Waals surface area contributed by atoms with Crippen LogP contribution in [0.1, 0.15) is 39.6 Å². The van der Waals surface area contributed by atoms with Gasteiger partial charge in [0, 0.05) is 12.1 Å². The number of amides is 1. The molecule has 1 atom stereocenters. The first-order chi connectivity index (χ1) is 9.58. The fourth-order valence-electron chi connectivity index (χ4n) is 2.12. The second-order valence-corrected chi connectivity index (χ2v) is 5.72. The van der Waals surface area contributed by atoms with E-state index in [9.17, 15) is 9.90 Å². The summed E-state index contributed by atoms with van der Waals surface area (Å²) in [5, 5.41) is 16.7. The molecule has 106 valence electrons. The van der Waals surface area contributed by atoms with Crippen LogP contribution < -0.4 is 5.32 Å². The van der Waals surface area contributed by atoms with Crippen LogP contribution in [-0.2, 0) is 0 Å². The number of aliphatic hydroxyl groups excluding tert-OH is 1. The topological polar surface area (TPSA) is 49.3 Å². The van der Waals surface area contributed by atoms with Crippen LogP contribution in [-0.4, -0.2) is 17.6 Å². The van der Waals surface area contributed by atoms with Gasteiger partial charge in [-0.05, 0) is 54.3 Å². The van der Waals surface area contributed by atoms with E-state index in [1.165, 1.54) is 0 Å². The van der Waals surface area contributed by atoms with Gasteiger partial charge in [0.05, 0.1) is 6.10 Å². The van der Waals surface area contributed by atoms with Crippen LogP contribution in [0.4, 0.5) is 0 Å². The SMILES string of the molecule is Cc1ccc(C(=O)NCCC(O)c2ccsc2)c(C)c1. The average molecular weight is 289 g/mol. The molecule has 0 saturated heterocycles. The van der Waals surface area contributed by atoms with E-state index < -0.39 is 6.10 Å². The van der Waals surface area contributed by atoms with Gasteiger partial charge in [-0.25, -0.2) is 0 Å². The Labute approximate surface area is 123 Å². The van der Waals surface area contributed by atoms with E-state index in [-0.39, 0.29) is 5.91 Å². The zero-order valence-electron chi connectivity index (χ0n) is 11.7. The Balaban J connectivity index is 1.86. The summed E-state index contributed by atoms with van der Waals surface area (Å²) < 4.78 is 0. The number of carbonyl (C=O) groups excluding carboxylic acids is 1. The van der Waals surface area contributed by atoms with Gasteiger partial charge in [0.2, 0.25) is 0 Å². The van der Waals surface area contributed by atoms with Crippen LogP contribution in [0.3, 0.4) is 0 Å². The van der Waals surface area contributed by atoms with Gasteiger partial charge in [-0.3, -0.25) is 4.79 Å². The van der Waals surface area contributed by atoms with Crippen molar-refractivity contribution in [1.82, 2.24) is 5.32 Å². The van der Waals surface area contributed by atoms with Crippen molar-refractivity contribution < 1.29 is 9.90 Å². The number of nitrogens with one attached hydrogen (secondary N) is 1. The fourth-order valence-corrected chi connectivity index (χ4v) is 2.82. The molecule has 0 aliphatic carbocycles. The molecule has 1 unspecified atom stereocenters. The molecule has 0 aliphatic heterocycles. The molecule has 3 nitrogen and oxygen atoms in total. The van der Waals surface area contributed by atoms with Crippen molar-refractivity contribution in [2.75, 3.05) is 6.54 Å². The second-order valence-electron chi connectivity index (χ2n) is 4.94. The molecule has 0 saturated carbocycles. The predicted molar refractivity (Wildman–Crippen MR) is 82.1 cm³/mol. The first-order valence-electron chi connectivity index (χ1n) is 6.63. The van der Waals surface area contributed by atoms with Gasteiger partial charge in [-0.2, -0.15) is 11.3 Å². The summed E-state index contributed by atoms with van der Waals surface area (Å²) in [5.41, 5.74) is 3.73. The molecule has 2 rings (SSSR count). The lowest BCUT2D eigenvalue weighted by atomic mass is 10.1. The number of hydrogen-bond acceptors (Lipinski definition) is 3. The van der Waals surface area contributed by atoms with E-state index in [1.807, 2.05) is 48.9 Å². The molecule has 1 heterocycles. The van der Waals surface area contributed by atoms with Gasteiger partial charge in [0.15, 0.2) is 0 Å². The van der Waals surface area contributed by atoms with Gasteiger partial charge in [0.25, 0.3) is 5.91 Å². The molecule has 2 N–H and O–H groups in total. The molecule has 0 bridgehead atoms. The number of benzene rings is 1. The highest BCUT2D eigenvalue weighted by molar-refractivity contribution is 7.07. The monoisotopic (exact) mass is 289 g/mol. The van der Waals surface area contributed by atoms with E-state index in [1.54, 1.807) is 11.3 Å². The van der Waals surface area contributed by atoms with Crippen molar-refractivity contribution in [2.45, 2.75) is 26.4 Å². The highest BCUT2D eigenvalue weighted by Crippen LogP contribution is 2.18. The third-order valence-corrected chi connectivity index (χ3v) is 3.96. The summed E-state index contributed by atoms with van der Waals surface area (Å²) in [5.74, 6) is -0.0833. The molecule has 0 radical (unpaired) electrons. The summed E-state index contributed by atoms with van der Waals surface area (Å²) in [6.45, 7) is 4.40. The van der Waals surface area contributed by atoms with Crippen LogP contribution in [0.5, 0.6) is 0 Å². The number of thiophene rings is 1. The molecule has 1 aromatic heterocycles. The Hall–Kier alpha value is -1.65. The Morgan fingerprint density at radius 2 is 2.15 bits per heavy atom. The van der Waals surface area contributed by atoms with Crippen LogP contribution in [0.25, 0.3) is 0 Å². The standard InChI is InChI=1S/C16H19NO2S/c1-11-3-4-14(12(2)9-11)16(19)17-7-5-15(18)13-6-8-20-10-13/h3-4,6,8-10,15,18H,5,7H2,1-2H3,(H,17,19). The third-order valence-electron chi connectivity index (χ3n) is 3.26. The Morgan fingerprint density at radius 3 is 2.80 bits per heavy atom. The summed E-state index contributed by atoms with van der Waals surface area (Å²) in [7, 11) is 0. The highest BCUT2D eigenvalue weighted by Gasteiger charge is 2.11. The number of rotatable bonds is 5. The lowest BCUT2D eigenvalue weighted by Crippen LogP contribution is -2.26. The molecule has 4 heteroatoms. The zero-order chi connectivity index (χ0) is 14.5. The highest BCUT2D eigenvalue weighted by atomic mass is 32.1. The maximum absolute atomic E-state index is 12.1. The molecule has 0 aliphatic rings. The van der Waals surface area contributed by atoms with Gasteiger partial charge in [-0.15, -0.1) is 0 Å². The molecule has 0 fully saturated rings. The second kappa shape index (κ2) is 6.68. The van der Waals surface area contributed by atoms with Crippen molar-refractivity contribution in [3.8, 4) is 0 Å². The van der Waals surface area contributed by atoms with Crippen LogP contribution >= 0.6 is 11.3 Å². The molecule has 2 aromatic rings. The maximum atomic E-state index is 12.1. The van der Waals surface area contributed by atoms with Crippen molar-refractivity contribution in [1.29, 1.82) is 0 Å². The number of carbonyl (C=O) groups is 1. The molecular formula is C16H19NO2S. The first kappa shape index (κ1) is 14.8. The van der Waals surface area contributed by atoms with Gasteiger partial charge < -0.3 is 10.4 Å². The summed E-state index contributed by atoms with van der Waals surface area (Å²) in [6.07, 6.45) is 0.00794. The van der Waals surface area contributed by atoms with E-state index in [0.29, 0.717) is 18.5 Å². The van der Waals surface area contributed by atoms with Gasteiger partial charge in [-0.1, -0.05) is 17.7 Å². The lowest BCUT2D eigenvalue weighted by molar-refractivity contribution is 0.0942. The van der Waals surface area contributed by atoms with E-state index in [2.05, 4.69) is 5.32 Å². The van der Waals surface area contributed by atoms with Crippen LogP contribution in [0, 0.1) is 13.8 Å². The number of aliphatic hydroxyl groups is 1. The third kappa shape index (κ3) is 3.68. The summed E-state index contributed by atoms with van der Waals surface area (Å²) in [6, 6.07) is 7.67. The van der Waals surface area contributed by atoms with Gasteiger partial charge >= 0.3 is 0 Å². The van der Waals surface area contributed by atoms with E-state index in [4.69, 9.17) is 0 Å². The average Bonchev–Trinajstić information content (AvgIpc) is 2.92. The van der Waals surface area contributed by atoms with Crippen molar-refractivity contribution in [3.63, 3.8) is 0 Å². The van der Waals surface area contributed by atoms with Crippen molar-refractivity contribution in [3.05, 3.63) is 57.3 Å². The van der Waals surface area contributed by atoms with E-state index >= 15 is 0 Å². The Bertz CT molecular complexity index is 578. The predicted octanol–water partition coefficient (Wildman–Crippen LogP) is 3.22. The zero-order valence-corrected chi connectivity index (χ0v) is 12.5. The lowest BCUT2D eigenvalue weighted by Gasteiger charge is -2.11. The molecule has 20 heavy (non-hydrogen) atoms. The Morgan fingerprint density at radius 1 is 1.35 bits per heavy atom. The summed E-state index contributed by atoms with van der Waals surface area (Å²) >= 11 is 1.56. The normalized spacial score (nSPS) is 12.2. The van der Waals surface area contributed by atoms with Crippen molar-refractivity contribution >= 4 is 17.2 Å². The molecule has 0 spiro atoms. The van der Waals surface area contributed by atoms with Crippen LogP contribution in [0.15, 0.2) is 35.0 Å². The smallest absolute Gasteiger partial charge is 0.251 e. The van der Waals surface area contributed by atoms with E-state index in [0.717, 1.165) is 16.7 Å². The number of aryl methyl sites for hydroxylation is 2. The largest absolute Gasteiger partial charge is 0.388 e. The summed E-state index contributed by atoms with van der Waals surface area (Å²) in [4.78, 5) is 12.1. The molecule has 1 amide bonds. The van der Waals surface area contributed by atoms with Gasteiger partial charge in [0.1, 0.15) is 0 Å². The first-order valence-corrected chi connectivity index (χ1v) is 7.58. The minimum absolute atomic E-state index is 0.0833. The molecular weight excluding hydrogens is 270 g/mol. The quantitative estimate of drug-likeness (QED) is 0.888. The fraction of sp³-hybridized carbons (Fsp3) is 0.312. The van der Waals surface area contributed by atoms with Crippen molar-refractivity contribution in [2.24, 2.45) is 0 Å². The molecule has 1 aromatic carbocycles. The minimum Gasteiger partial charge on any atom is -0.388 e. The minimum atomic E-state index is -0.513. The Kier molecular flexibility index (Phi) is 4.93.